The summed E-state index contributed by atoms with van der Waals surface area (Å²) >= 11 is 3.89. The fraction of sp³-hybridized carbons (Fsp3) is 0.600. The number of carboxylic acids is 1. The molecule has 0 heterocycles. The molecule has 9 nitrogen and oxygen atoms in total. The molecule has 0 spiro atoms. The molecule has 0 fully saturated rings. The van der Waals surface area contributed by atoms with Crippen molar-refractivity contribution in [2.75, 3.05) is 5.75 Å². The Morgan fingerprint density at radius 2 is 1.75 bits per heavy atom. The van der Waals surface area contributed by atoms with Crippen molar-refractivity contribution in [3.8, 4) is 0 Å². The first-order valence-electron chi connectivity index (χ1n) is 5.67. The van der Waals surface area contributed by atoms with Gasteiger partial charge in [0.2, 0.25) is 17.7 Å². The fourth-order valence-electron chi connectivity index (χ4n) is 1.16. The quantitative estimate of drug-likeness (QED) is 0.265. The Hall–Kier alpha value is -1.81. The van der Waals surface area contributed by atoms with Crippen LogP contribution >= 0.6 is 12.6 Å². The minimum atomic E-state index is -1.21. The second-order valence-corrected chi connectivity index (χ2v) is 4.45. The van der Waals surface area contributed by atoms with Crippen LogP contribution in [0, 0.1) is 0 Å². The summed E-state index contributed by atoms with van der Waals surface area (Å²) in [6.45, 7) is 1.27. The highest BCUT2D eigenvalue weighted by molar-refractivity contribution is 7.80. The summed E-state index contributed by atoms with van der Waals surface area (Å²) in [4.78, 5) is 44.5. The molecule has 0 saturated carbocycles. The van der Waals surface area contributed by atoms with Crippen molar-refractivity contribution in [2.24, 2.45) is 11.5 Å². The predicted molar refractivity (Wildman–Crippen MR) is 72.8 cm³/mol. The van der Waals surface area contributed by atoms with Crippen molar-refractivity contribution in [3.63, 3.8) is 0 Å². The van der Waals surface area contributed by atoms with E-state index in [1.165, 1.54) is 6.92 Å². The van der Waals surface area contributed by atoms with Gasteiger partial charge in [-0.3, -0.25) is 19.2 Å². The van der Waals surface area contributed by atoms with Gasteiger partial charge in [0.1, 0.15) is 12.1 Å². The third kappa shape index (κ3) is 6.38. The van der Waals surface area contributed by atoms with Crippen LogP contribution in [0.25, 0.3) is 0 Å². The highest BCUT2D eigenvalue weighted by Crippen LogP contribution is 1.94. The molecule has 0 bridgehead atoms. The highest BCUT2D eigenvalue weighted by atomic mass is 32.1. The zero-order valence-corrected chi connectivity index (χ0v) is 11.7. The minimum Gasteiger partial charge on any atom is -0.480 e. The number of carbonyl (C=O) groups is 4. The first-order valence-corrected chi connectivity index (χ1v) is 6.30. The molecule has 20 heavy (non-hydrogen) atoms. The molecule has 7 N–H and O–H groups in total. The molecular formula is C10H18N4O5S. The maximum atomic E-state index is 11.7. The molecule has 0 aromatic rings. The summed E-state index contributed by atoms with van der Waals surface area (Å²) in [6.07, 6.45) is -0.363. The van der Waals surface area contributed by atoms with E-state index in [2.05, 4.69) is 23.3 Å². The van der Waals surface area contributed by atoms with Crippen LogP contribution < -0.4 is 22.1 Å². The number of carbonyl (C=O) groups excluding carboxylic acids is 3. The van der Waals surface area contributed by atoms with Gasteiger partial charge in [0.15, 0.2) is 0 Å². The molecule has 3 unspecified atom stereocenters. The van der Waals surface area contributed by atoms with Gasteiger partial charge < -0.3 is 27.2 Å². The van der Waals surface area contributed by atoms with E-state index in [0.29, 0.717) is 0 Å². The Kier molecular flexibility index (Phi) is 7.62. The number of amides is 3. The largest absolute Gasteiger partial charge is 0.480 e. The summed E-state index contributed by atoms with van der Waals surface area (Å²) < 4.78 is 0. The summed E-state index contributed by atoms with van der Waals surface area (Å²) in [5.41, 5.74) is 10.3. The number of hydrogen-bond donors (Lipinski definition) is 6. The van der Waals surface area contributed by atoms with E-state index in [1.54, 1.807) is 0 Å². The Bertz CT molecular complexity index is 403. The van der Waals surface area contributed by atoms with E-state index in [9.17, 15) is 19.2 Å². The first-order chi connectivity index (χ1) is 9.18. The monoisotopic (exact) mass is 306 g/mol. The molecule has 0 aliphatic heterocycles. The number of hydrogen-bond acceptors (Lipinski definition) is 6. The molecule has 0 aliphatic rings. The van der Waals surface area contributed by atoms with E-state index in [4.69, 9.17) is 16.6 Å². The second-order valence-electron chi connectivity index (χ2n) is 4.09. The molecule has 10 heteroatoms. The molecule has 3 atom stereocenters. The predicted octanol–water partition coefficient (Wildman–Crippen LogP) is -2.81. The van der Waals surface area contributed by atoms with Crippen LogP contribution in [0.3, 0.4) is 0 Å². The zero-order chi connectivity index (χ0) is 15.9. The van der Waals surface area contributed by atoms with Crippen molar-refractivity contribution in [3.05, 3.63) is 0 Å². The van der Waals surface area contributed by atoms with E-state index in [-0.39, 0.29) is 12.2 Å². The Balaban J connectivity index is 4.53. The molecule has 114 valence electrons. The van der Waals surface area contributed by atoms with Crippen LogP contribution in [0.5, 0.6) is 0 Å². The third-order valence-corrected chi connectivity index (χ3v) is 2.67. The Labute approximate surface area is 120 Å². The molecular weight excluding hydrogens is 288 g/mol. The first kappa shape index (κ1) is 18.2. The van der Waals surface area contributed by atoms with E-state index < -0.39 is 41.8 Å². The third-order valence-electron chi connectivity index (χ3n) is 2.30. The van der Waals surface area contributed by atoms with Gasteiger partial charge in [-0.2, -0.15) is 12.6 Å². The average molecular weight is 306 g/mol. The number of carboxylic acid groups (broad SMARTS) is 1. The van der Waals surface area contributed by atoms with Crippen molar-refractivity contribution in [2.45, 2.75) is 31.5 Å². The lowest BCUT2D eigenvalue weighted by molar-refractivity contribution is -0.141. The van der Waals surface area contributed by atoms with Gasteiger partial charge in [0, 0.05) is 5.75 Å². The van der Waals surface area contributed by atoms with Crippen molar-refractivity contribution >= 4 is 36.3 Å². The number of aliphatic carboxylic acids is 1. The molecule has 0 aromatic heterocycles. The zero-order valence-electron chi connectivity index (χ0n) is 10.8. The van der Waals surface area contributed by atoms with Crippen LogP contribution in [-0.2, 0) is 19.2 Å². The normalized spacial score (nSPS) is 14.8. The average Bonchev–Trinajstić information content (AvgIpc) is 2.34. The number of rotatable bonds is 8. The molecule has 0 radical (unpaired) electrons. The van der Waals surface area contributed by atoms with Crippen molar-refractivity contribution in [1.82, 2.24) is 10.6 Å². The fourth-order valence-corrected chi connectivity index (χ4v) is 1.42. The number of nitrogens with two attached hydrogens (primary N) is 2. The van der Waals surface area contributed by atoms with Crippen LogP contribution in [0.2, 0.25) is 0 Å². The smallest absolute Gasteiger partial charge is 0.325 e. The molecule has 3 amide bonds. The lowest BCUT2D eigenvalue weighted by atomic mass is 10.2. The highest BCUT2D eigenvalue weighted by Gasteiger charge is 2.25. The van der Waals surface area contributed by atoms with Gasteiger partial charge in [-0.25, -0.2) is 0 Å². The van der Waals surface area contributed by atoms with Gasteiger partial charge in [-0.15, -0.1) is 0 Å². The molecule has 0 aromatic carbocycles. The molecule has 0 aliphatic carbocycles. The van der Waals surface area contributed by atoms with E-state index in [0.717, 1.165) is 0 Å². The maximum absolute atomic E-state index is 11.7. The lowest BCUT2D eigenvalue weighted by Gasteiger charge is -2.19. The number of primary amides is 1. The van der Waals surface area contributed by atoms with Gasteiger partial charge in [-0.05, 0) is 6.92 Å². The van der Waals surface area contributed by atoms with Gasteiger partial charge in [0.25, 0.3) is 0 Å². The summed E-state index contributed by atoms with van der Waals surface area (Å²) in [7, 11) is 0. The molecule has 0 rings (SSSR count). The van der Waals surface area contributed by atoms with Gasteiger partial charge >= 0.3 is 5.97 Å². The van der Waals surface area contributed by atoms with Gasteiger partial charge in [0.05, 0.1) is 12.5 Å². The topological polar surface area (TPSA) is 165 Å². The van der Waals surface area contributed by atoms with Crippen LogP contribution in [0.15, 0.2) is 0 Å². The van der Waals surface area contributed by atoms with Crippen molar-refractivity contribution < 1.29 is 24.3 Å². The minimum absolute atomic E-state index is 0.0623. The number of nitrogens with one attached hydrogen (secondary N) is 2. The SMILES string of the molecule is CC(NC(=O)C(CS)NC(=O)C(N)CC(N)=O)C(=O)O. The standard InChI is InChI=1S/C10H18N4O5S/c1-4(10(18)19)13-9(17)6(3-20)14-8(16)5(11)2-7(12)15/h4-6,20H,2-3,11H2,1H3,(H2,12,15)(H,13,17)(H,14,16)(H,18,19). The second kappa shape index (κ2) is 8.38. The maximum Gasteiger partial charge on any atom is 0.325 e. The summed E-state index contributed by atoms with van der Waals surface area (Å²) in [6, 6.07) is -3.35. The number of thiol groups is 1. The summed E-state index contributed by atoms with van der Waals surface area (Å²) in [5.74, 6) is -3.49. The summed E-state index contributed by atoms with van der Waals surface area (Å²) in [5, 5.41) is 13.1. The van der Waals surface area contributed by atoms with E-state index in [1.807, 2.05) is 0 Å². The van der Waals surface area contributed by atoms with Crippen LogP contribution in [0.4, 0.5) is 0 Å². The molecule has 0 saturated heterocycles. The Morgan fingerprint density at radius 3 is 2.15 bits per heavy atom. The van der Waals surface area contributed by atoms with Crippen LogP contribution in [0.1, 0.15) is 13.3 Å². The van der Waals surface area contributed by atoms with Crippen molar-refractivity contribution in [1.29, 1.82) is 0 Å². The Morgan fingerprint density at radius 1 is 1.20 bits per heavy atom. The van der Waals surface area contributed by atoms with E-state index >= 15 is 0 Å². The van der Waals surface area contributed by atoms with Crippen LogP contribution in [-0.4, -0.2) is 52.7 Å². The lowest BCUT2D eigenvalue weighted by Crippen LogP contribution is -2.55. The van der Waals surface area contributed by atoms with Gasteiger partial charge in [-0.1, -0.05) is 0 Å².